The van der Waals surface area contributed by atoms with Crippen LogP contribution in [-0.4, -0.2) is 32.6 Å². The van der Waals surface area contributed by atoms with Crippen molar-refractivity contribution >= 4 is 25.5 Å². The summed E-state index contributed by atoms with van der Waals surface area (Å²) in [7, 11) is 3.44. The van der Waals surface area contributed by atoms with E-state index in [1.165, 1.54) is 11.1 Å². The van der Waals surface area contributed by atoms with Crippen LogP contribution in [0.3, 0.4) is 0 Å². The molecule has 98 valence electrons. The number of hydrogen-bond acceptors (Lipinski definition) is 2. The Bertz CT molecular complexity index is 592. The molecule has 0 amide bonds. The van der Waals surface area contributed by atoms with Crippen molar-refractivity contribution in [3.05, 3.63) is 36.4 Å². The molecule has 0 saturated heterocycles. The van der Waals surface area contributed by atoms with Crippen LogP contribution in [0.25, 0.3) is 11.1 Å². The van der Waals surface area contributed by atoms with E-state index >= 15 is 0 Å². The zero-order valence-electron chi connectivity index (χ0n) is 11.8. The van der Waals surface area contributed by atoms with Crippen LogP contribution in [0.15, 0.2) is 36.4 Å². The van der Waals surface area contributed by atoms with E-state index < -0.39 is 18.4 Å². The molecule has 0 aromatic heterocycles. The SMILES string of the molecule is COc1cc[c]2c(c1)-c1cc(OC)cc[c]1[Sn]2([CH3])[CH3]. The van der Waals surface area contributed by atoms with Gasteiger partial charge in [0.15, 0.2) is 0 Å². The minimum atomic E-state index is -2.38. The third-order valence-corrected chi connectivity index (χ3v) is 14.3. The zero-order valence-corrected chi connectivity index (χ0v) is 14.6. The van der Waals surface area contributed by atoms with E-state index in [4.69, 9.17) is 9.47 Å². The first kappa shape index (κ1) is 12.9. The van der Waals surface area contributed by atoms with Gasteiger partial charge in [-0.1, -0.05) is 0 Å². The van der Waals surface area contributed by atoms with Gasteiger partial charge in [-0.3, -0.25) is 0 Å². The second-order valence-electron chi connectivity index (χ2n) is 5.45. The molecule has 0 bridgehead atoms. The Morgan fingerprint density at radius 2 is 1.16 bits per heavy atom. The standard InChI is InChI=1S/C14H12O2.2CH3.Sn/c1-15-13-7-3-5-11(9-13)12-6-4-8-14(10-12)16-2;;;/h3-4,7-10H,1-2H3;2*1H3;. The molecule has 0 saturated carbocycles. The minimum absolute atomic E-state index is 0.927. The Morgan fingerprint density at radius 1 is 0.737 bits per heavy atom. The molecule has 0 atom stereocenters. The number of hydrogen-bond donors (Lipinski definition) is 0. The summed E-state index contributed by atoms with van der Waals surface area (Å²) >= 11 is -2.38. The first-order valence-corrected chi connectivity index (χ1v) is 15.0. The van der Waals surface area contributed by atoms with Crippen LogP contribution >= 0.6 is 0 Å². The first-order chi connectivity index (χ1) is 9.07. The summed E-state index contributed by atoms with van der Waals surface area (Å²) < 4.78 is 13.9. The molecule has 0 N–H and O–H groups in total. The quantitative estimate of drug-likeness (QED) is 0.766. The maximum atomic E-state index is 5.37. The number of methoxy groups -OCH3 is 2. The molecule has 0 radical (unpaired) electrons. The number of fused-ring (bicyclic) bond motifs is 3. The molecule has 2 aromatic rings. The molecule has 0 unspecified atom stereocenters. The van der Waals surface area contributed by atoms with Crippen molar-refractivity contribution < 1.29 is 9.47 Å². The van der Waals surface area contributed by atoms with Crippen molar-refractivity contribution in [3.8, 4) is 22.6 Å². The van der Waals surface area contributed by atoms with Gasteiger partial charge in [-0.05, 0) is 0 Å². The van der Waals surface area contributed by atoms with Gasteiger partial charge in [0.25, 0.3) is 0 Å². The van der Waals surface area contributed by atoms with Crippen LogP contribution in [-0.2, 0) is 0 Å². The van der Waals surface area contributed by atoms with E-state index in [2.05, 4.69) is 46.3 Å². The Balaban J connectivity index is 2.29. The van der Waals surface area contributed by atoms with Crippen LogP contribution in [0.1, 0.15) is 0 Å². The Hall–Kier alpha value is -1.16. The summed E-state index contributed by atoms with van der Waals surface area (Å²) in [4.78, 5) is 4.94. The third-order valence-electron chi connectivity index (χ3n) is 4.09. The van der Waals surface area contributed by atoms with Crippen LogP contribution in [0.2, 0.25) is 9.88 Å². The molecule has 2 aromatic carbocycles. The number of ether oxygens (including phenoxy) is 2. The van der Waals surface area contributed by atoms with E-state index in [0.29, 0.717) is 0 Å². The molecule has 1 aliphatic heterocycles. The molecule has 2 nitrogen and oxygen atoms in total. The van der Waals surface area contributed by atoms with Crippen LogP contribution < -0.4 is 16.6 Å². The molecular formula is C16H18O2Sn. The maximum absolute atomic E-state index is 5.37. The Morgan fingerprint density at radius 3 is 1.53 bits per heavy atom. The summed E-state index contributed by atoms with van der Waals surface area (Å²) in [6.45, 7) is 0. The summed E-state index contributed by atoms with van der Waals surface area (Å²) in [6.07, 6.45) is 0. The van der Waals surface area contributed by atoms with Crippen molar-refractivity contribution in [1.29, 1.82) is 0 Å². The zero-order chi connectivity index (χ0) is 13.6. The fourth-order valence-corrected chi connectivity index (χ4v) is 11.7. The Labute approximate surface area is 118 Å². The van der Waals surface area contributed by atoms with Gasteiger partial charge in [0.05, 0.1) is 0 Å². The van der Waals surface area contributed by atoms with E-state index in [-0.39, 0.29) is 0 Å². The topological polar surface area (TPSA) is 18.5 Å². The molecule has 1 aliphatic rings. The van der Waals surface area contributed by atoms with E-state index in [1.807, 2.05) is 0 Å². The van der Waals surface area contributed by atoms with Crippen LogP contribution in [0.4, 0.5) is 0 Å². The summed E-state index contributed by atoms with van der Waals surface area (Å²) in [5.74, 6) is 1.85. The fourth-order valence-electron chi connectivity index (χ4n) is 2.98. The van der Waals surface area contributed by atoms with Gasteiger partial charge in [0.1, 0.15) is 0 Å². The predicted molar refractivity (Wildman–Crippen MR) is 81.7 cm³/mol. The van der Waals surface area contributed by atoms with Gasteiger partial charge < -0.3 is 0 Å². The van der Waals surface area contributed by atoms with Gasteiger partial charge in [0, 0.05) is 0 Å². The molecule has 0 spiro atoms. The van der Waals surface area contributed by atoms with E-state index in [1.54, 1.807) is 21.4 Å². The second kappa shape index (κ2) is 4.44. The van der Waals surface area contributed by atoms with Crippen LogP contribution in [0, 0.1) is 0 Å². The molecule has 19 heavy (non-hydrogen) atoms. The normalized spacial score (nSPS) is 14.7. The van der Waals surface area contributed by atoms with Crippen molar-refractivity contribution in [2.24, 2.45) is 0 Å². The molecule has 3 rings (SSSR count). The average molecular weight is 361 g/mol. The number of rotatable bonds is 2. The van der Waals surface area contributed by atoms with Gasteiger partial charge in [-0.15, -0.1) is 0 Å². The van der Waals surface area contributed by atoms with Crippen LogP contribution in [0.5, 0.6) is 11.5 Å². The van der Waals surface area contributed by atoms with E-state index in [9.17, 15) is 0 Å². The molecular weight excluding hydrogens is 343 g/mol. The summed E-state index contributed by atoms with van der Waals surface area (Å²) in [5.41, 5.74) is 2.68. The molecule has 1 heterocycles. The van der Waals surface area contributed by atoms with Crippen molar-refractivity contribution in [1.82, 2.24) is 0 Å². The monoisotopic (exact) mass is 362 g/mol. The molecule has 0 aliphatic carbocycles. The third kappa shape index (κ3) is 1.84. The Kier molecular flexibility index (Phi) is 3.00. The predicted octanol–water partition coefficient (Wildman–Crippen LogP) is 2.51. The summed E-state index contributed by atoms with van der Waals surface area (Å²) in [5, 5.41) is 0. The van der Waals surface area contributed by atoms with Gasteiger partial charge in [-0.25, -0.2) is 0 Å². The van der Waals surface area contributed by atoms with Gasteiger partial charge in [-0.2, -0.15) is 0 Å². The second-order valence-corrected chi connectivity index (χ2v) is 17.8. The average Bonchev–Trinajstić information content (AvgIpc) is 2.66. The first-order valence-electron chi connectivity index (χ1n) is 6.45. The number of benzene rings is 2. The van der Waals surface area contributed by atoms with E-state index in [0.717, 1.165) is 11.5 Å². The van der Waals surface area contributed by atoms with Gasteiger partial charge in [0.2, 0.25) is 0 Å². The van der Waals surface area contributed by atoms with Crippen molar-refractivity contribution in [3.63, 3.8) is 0 Å². The summed E-state index contributed by atoms with van der Waals surface area (Å²) in [6, 6.07) is 13.0. The molecule has 3 heteroatoms. The van der Waals surface area contributed by atoms with Crippen molar-refractivity contribution in [2.75, 3.05) is 14.2 Å². The van der Waals surface area contributed by atoms with Crippen molar-refractivity contribution in [2.45, 2.75) is 9.88 Å². The van der Waals surface area contributed by atoms with Gasteiger partial charge >= 0.3 is 118 Å². The molecule has 0 fully saturated rings. The fraction of sp³-hybridized carbons (Fsp3) is 0.250.